The van der Waals surface area contributed by atoms with Crippen molar-refractivity contribution in [3.05, 3.63) is 18.7 Å². The summed E-state index contributed by atoms with van der Waals surface area (Å²) in [6.45, 7) is 2.53. The maximum Gasteiger partial charge on any atom is 0.303 e. The van der Waals surface area contributed by atoms with Gasteiger partial charge in [0.25, 0.3) is 0 Å². The molecule has 0 aliphatic heterocycles. The van der Waals surface area contributed by atoms with Gasteiger partial charge in [0.2, 0.25) is 5.65 Å². The van der Waals surface area contributed by atoms with E-state index in [0.29, 0.717) is 18.0 Å². The van der Waals surface area contributed by atoms with Crippen LogP contribution in [-0.4, -0.2) is 37.2 Å². The Hall–Kier alpha value is -2.18. The standard InChI is InChI=1S/C11H15N5O2/c1-2-8(5-9(17)18)6-13-10-11-15-14-7-16(11)4-3-12-10/h3-4,7-8H,2,5-6H2,1H3,(H,12,13)(H,17,18). The molecular formula is C11H15N5O2. The van der Waals surface area contributed by atoms with E-state index in [4.69, 9.17) is 5.11 Å². The Labute approximate surface area is 104 Å². The predicted molar refractivity (Wildman–Crippen MR) is 65.3 cm³/mol. The lowest BCUT2D eigenvalue weighted by Gasteiger charge is -2.13. The van der Waals surface area contributed by atoms with Crippen molar-refractivity contribution in [2.75, 3.05) is 11.9 Å². The highest BCUT2D eigenvalue weighted by molar-refractivity contribution is 5.67. The fourth-order valence-corrected chi connectivity index (χ4v) is 1.73. The van der Waals surface area contributed by atoms with Crippen LogP contribution >= 0.6 is 0 Å². The molecule has 0 spiro atoms. The predicted octanol–water partition coefficient (Wildman–Crippen LogP) is 1.04. The van der Waals surface area contributed by atoms with Crippen molar-refractivity contribution < 1.29 is 9.90 Å². The second-order valence-electron chi connectivity index (χ2n) is 4.09. The third-order valence-electron chi connectivity index (χ3n) is 2.81. The van der Waals surface area contributed by atoms with Gasteiger partial charge in [-0.1, -0.05) is 13.3 Å². The van der Waals surface area contributed by atoms with Gasteiger partial charge in [-0.2, -0.15) is 0 Å². The molecule has 0 aliphatic rings. The van der Waals surface area contributed by atoms with Crippen molar-refractivity contribution in [1.82, 2.24) is 19.6 Å². The number of hydrogen-bond donors (Lipinski definition) is 2. The molecule has 0 radical (unpaired) electrons. The van der Waals surface area contributed by atoms with E-state index in [1.54, 1.807) is 23.1 Å². The number of nitrogens with zero attached hydrogens (tertiary/aromatic N) is 4. The molecule has 2 aromatic heterocycles. The monoisotopic (exact) mass is 249 g/mol. The maximum absolute atomic E-state index is 10.7. The summed E-state index contributed by atoms with van der Waals surface area (Å²) in [6.07, 6.45) is 5.96. The first-order valence-electron chi connectivity index (χ1n) is 5.80. The van der Waals surface area contributed by atoms with Gasteiger partial charge < -0.3 is 10.4 Å². The molecule has 18 heavy (non-hydrogen) atoms. The SMILES string of the molecule is CCC(CNc1nccn2cnnc12)CC(=O)O. The zero-order chi connectivity index (χ0) is 13.0. The molecule has 0 aromatic carbocycles. The number of nitrogens with one attached hydrogen (secondary N) is 1. The summed E-state index contributed by atoms with van der Waals surface area (Å²) in [5.41, 5.74) is 0.641. The Morgan fingerprint density at radius 2 is 2.44 bits per heavy atom. The molecule has 7 nitrogen and oxygen atoms in total. The molecule has 0 saturated heterocycles. The highest BCUT2D eigenvalue weighted by Gasteiger charge is 2.12. The largest absolute Gasteiger partial charge is 0.481 e. The van der Waals surface area contributed by atoms with Crippen molar-refractivity contribution in [2.45, 2.75) is 19.8 Å². The molecular weight excluding hydrogens is 234 g/mol. The molecule has 0 fully saturated rings. The highest BCUT2D eigenvalue weighted by atomic mass is 16.4. The average molecular weight is 249 g/mol. The minimum absolute atomic E-state index is 0.0764. The molecule has 0 aliphatic carbocycles. The van der Waals surface area contributed by atoms with Gasteiger partial charge in [0.1, 0.15) is 6.33 Å². The number of carbonyl (C=O) groups is 1. The van der Waals surface area contributed by atoms with E-state index in [0.717, 1.165) is 6.42 Å². The molecule has 1 atom stereocenters. The van der Waals surface area contributed by atoms with Gasteiger partial charge in [-0.15, -0.1) is 10.2 Å². The summed E-state index contributed by atoms with van der Waals surface area (Å²) >= 11 is 0. The number of aromatic nitrogens is 4. The van der Waals surface area contributed by atoms with E-state index >= 15 is 0 Å². The lowest BCUT2D eigenvalue weighted by molar-refractivity contribution is -0.138. The van der Waals surface area contributed by atoms with Gasteiger partial charge in [0, 0.05) is 25.4 Å². The molecule has 7 heteroatoms. The maximum atomic E-state index is 10.7. The van der Waals surface area contributed by atoms with Gasteiger partial charge in [-0.3, -0.25) is 9.20 Å². The lowest BCUT2D eigenvalue weighted by Crippen LogP contribution is -2.18. The van der Waals surface area contributed by atoms with Crippen LogP contribution in [-0.2, 0) is 4.79 Å². The average Bonchev–Trinajstić information content (AvgIpc) is 2.82. The van der Waals surface area contributed by atoms with Gasteiger partial charge in [-0.05, 0) is 5.92 Å². The van der Waals surface area contributed by atoms with Crippen LogP contribution in [0.2, 0.25) is 0 Å². The summed E-state index contributed by atoms with van der Waals surface area (Å²) in [5, 5.41) is 19.7. The number of fused-ring (bicyclic) bond motifs is 1. The molecule has 96 valence electrons. The zero-order valence-electron chi connectivity index (χ0n) is 10.1. The van der Waals surface area contributed by atoms with Crippen LogP contribution in [0.1, 0.15) is 19.8 Å². The van der Waals surface area contributed by atoms with Crippen LogP contribution in [0.4, 0.5) is 5.82 Å². The Bertz CT molecular complexity index is 539. The molecule has 2 rings (SSSR count). The van der Waals surface area contributed by atoms with Crippen molar-refractivity contribution >= 4 is 17.4 Å². The fourth-order valence-electron chi connectivity index (χ4n) is 1.73. The minimum Gasteiger partial charge on any atom is -0.481 e. The van der Waals surface area contributed by atoms with E-state index in [-0.39, 0.29) is 12.3 Å². The van der Waals surface area contributed by atoms with Crippen molar-refractivity contribution in [2.24, 2.45) is 5.92 Å². The molecule has 1 unspecified atom stereocenters. The lowest BCUT2D eigenvalue weighted by atomic mass is 10.0. The van der Waals surface area contributed by atoms with Crippen LogP contribution in [0.25, 0.3) is 5.65 Å². The van der Waals surface area contributed by atoms with E-state index in [9.17, 15) is 4.79 Å². The summed E-state index contributed by atoms with van der Waals surface area (Å²) in [7, 11) is 0. The number of carboxylic acid groups (broad SMARTS) is 1. The van der Waals surface area contributed by atoms with E-state index in [2.05, 4.69) is 20.5 Å². The second-order valence-corrected chi connectivity index (χ2v) is 4.09. The second kappa shape index (κ2) is 5.44. The number of anilines is 1. The Morgan fingerprint density at radius 1 is 1.61 bits per heavy atom. The quantitative estimate of drug-likeness (QED) is 0.794. The Morgan fingerprint density at radius 3 is 3.17 bits per heavy atom. The topological polar surface area (TPSA) is 92.4 Å². The Balaban J connectivity index is 2.05. The summed E-state index contributed by atoms with van der Waals surface area (Å²) in [4.78, 5) is 14.9. The molecule has 2 heterocycles. The van der Waals surface area contributed by atoms with Gasteiger partial charge in [0.15, 0.2) is 5.82 Å². The molecule has 2 aromatic rings. The fraction of sp³-hybridized carbons (Fsp3) is 0.455. The third-order valence-corrected chi connectivity index (χ3v) is 2.81. The minimum atomic E-state index is -0.780. The highest BCUT2D eigenvalue weighted by Crippen LogP contribution is 2.13. The smallest absolute Gasteiger partial charge is 0.303 e. The van der Waals surface area contributed by atoms with Crippen LogP contribution in [0, 0.1) is 5.92 Å². The van der Waals surface area contributed by atoms with Gasteiger partial charge >= 0.3 is 5.97 Å². The van der Waals surface area contributed by atoms with Gasteiger partial charge in [0.05, 0.1) is 0 Å². The van der Waals surface area contributed by atoms with Crippen LogP contribution in [0.3, 0.4) is 0 Å². The number of rotatable bonds is 6. The Kier molecular flexibility index (Phi) is 3.71. The van der Waals surface area contributed by atoms with E-state index < -0.39 is 5.97 Å². The van der Waals surface area contributed by atoms with E-state index in [1.807, 2.05) is 6.92 Å². The van der Waals surface area contributed by atoms with Crippen molar-refractivity contribution in [3.8, 4) is 0 Å². The third kappa shape index (κ3) is 2.73. The summed E-state index contributed by atoms with van der Waals surface area (Å²) < 4.78 is 1.76. The summed E-state index contributed by atoms with van der Waals surface area (Å²) in [6, 6.07) is 0. The van der Waals surface area contributed by atoms with Crippen LogP contribution in [0.5, 0.6) is 0 Å². The summed E-state index contributed by atoms with van der Waals surface area (Å²) in [5.74, 6) is -0.0800. The number of carboxylic acids is 1. The molecule has 0 amide bonds. The number of aliphatic carboxylic acids is 1. The first-order valence-corrected chi connectivity index (χ1v) is 5.80. The normalized spacial score (nSPS) is 12.5. The van der Waals surface area contributed by atoms with Crippen molar-refractivity contribution in [1.29, 1.82) is 0 Å². The molecule has 0 saturated carbocycles. The zero-order valence-corrected chi connectivity index (χ0v) is 10.1. The van der Waals surface area contributed by atoms with Crippen LogP contribution < -0.4 is 5.32 Å². The molecule has 0 bridgehead atoms. The number of hydrogen-bond acceptors (Lipinski definition) is 5. The van der Waals surface area contributed by atoms with Gasteiger partial charge in [-0.25, -0.2) is 4.98 Å². The first kappa shape index (κ1) is 12.3. The van der Waals surface area contributed by atoms with Crippen molar-refractivity contribution in [3.63, 3.8) is 0 Å². The first-order chi connectivity index (χ1) is 8.70. The van der Waals surface area contributed by atoms with Crippen LogP contribution in [0.15, 0.2) is 18.7 Å². The molecule has 2 N–H and O–H groups in total. The van der Waals surface area contributed by atoms with E-state index in [1.165, 1.54) is 0 Å².